The molecule has 1 aliphatic heterocycles. The molecular weight excluding hydrogens is 250 g/mol. The maximum atomic E-state index is 12.5. The number of hydrogen-bond acceptors (Lipinski definition) is 3. The third kappa shape index (κ3) is 2.94. The van der Waals surface area contributed by atoms with Gasteiger partial charge in [0.2, 0.25) is 0 Å². The Hall–Kier alpha value is -1.58. The molecule has 1 amide bonds. The van der Waals surface area contributed by atoms with Gasteiger partial charge in [0.15, 0.2) is 0 Å². The predicted octanol–water partition coefficient (Wildman–Crippen LogP) is 3.01. The van der Waals surface area contributed by atoms with Gasteiger partial charge in [0.25, 0.3) is 5.91 Å². The molecule has 1 aromatic heterocycles. The second-order valence-corrected chi connectivity index (χ2v) is 5.92. The Balaban J connectivity index is 2.08. The minimum Gasteiger partial charge on any atom is -0.384 e. The van der Waals surface area contributed by atoms with Crippen molar-refractivity contribution in [1.29, 1.82) is 0 Å². The number of aryl methyl sites for hydroxylation is 1. The number of piperidine rings is 1. The number of aromatic nitrogens is 1. The number of nitrogens with two attached hydrogens (primary N) is 1. The number of rotatable bonds is 3. The molecule has 2 N–H and O–H groups in total. The van der Waals surface area contributed by atoms with Gasteiger partial charge >= 0.3 is 0 Å². The van der Waals surface area contributed by atoms with Crippen LogP contribution >= 0.6 is 0 Å². The zero-order valence-corrected chi connectivity index (χ0v) is 12.8. The Bertz CT molecular complexity index is 464. The number of nitrogens with zero attached hydrogens (tertiary/aromatic N) is 2. The lowest BCUT2D eigenvalue weighted by Crippen LogP contribution is -2.42. The zero-order chi connectivity index (χ0) is 14.8. The third-order valence-corrected chi connectivity index (χ3v) is 4.83. The van der Waals surface area contributed by atoms with Crippen LogP contribution in [-0.2, 0) is 0 Å². The molecule has 2 rings (SSSR count). The summed E-state index contributed by atoms with van der Waals surface area (Å²) in [5.41, 5.74) is 7.62. The Morgan fingerprint density at radius 1 is 1.30 bits per heavy atom. The van der Waals surface area contributed by atoms with E-state index in [1.54, 1.807) is 6.07 Å². The van der Waals surface area contributed by atoms with Crippen LogP contribution in [0.2, 0.25) is 0 Å². The number of hydrogen-bond donors (Lipinski definition) is 1. The van der Waals surface area contributed by atoms with E-state index in [-0.39, 0.29) is 5.91 Å². The van der Waals surface area contributed by atoms with Crippen molar-refractivity contribution in [2.75, 3.05) is 18.8 Å². The molecule has 0 aromatic carbocycles. The molecule has 20 heavy (non-hydrogen) atoms. The molecule has 110 valence electrons. The van der Waals surface area contributed by atoms with Crippen LogP contribution in [0.1, 0.15) is 55.6 Å². The van der Waals surface area contributed by atoms with E-state index in [4.69, 9.17) is 5.73 Å². The molecule has 0 aliphatic carbocycles. The quantitative estimate of drug-likeness (QED) is 0.922. The monoisotopic (exact) mass is 275 g/mol. The Kier molecular flexibility index (Phi) is 4.31. The fourth-order valence-corrected chi connectivity index (χ4v) is 3.14. The van der Waals surface area contributed by atoms with E-state index in [0.29, 0.717) is 16.8 Å². The molecule has 4 heteroatoms. The highest BCUT2D eigenvalue weighted by Crippen LogP contribution is 2.38. The van der Waals surface area contributed by atoms with Crippen molar-refractivity contribution in [1.82, 2.24) is 9.88 Å². The lowest BCUT2D eigenvalue weighted by molar-refractivity contribution is 0.0557. The predicted molar refractivity (Wildman–Crippen MR) is 81.5 cm³/mol. The first-order valence-corrected chi connectivity index (χ1v) is 7.53. The molecular formula is C16H25N3O. The fourth-order valence-electron chi connectivity index (χ4n) is 3.14. The fraction of sp³-hybridized carbons (Fsp3) is 0.625. The number of pyridine rings is 1. The number of carbonyl (C=O) groups excluding carboxylic acids is 1. The highest BCUT2D eigenvalue weighted by Gasteiger charge is 2.33. The van der Waals surface area contributed by atoms with Gasteiger partial charge in [0.05, 0.1) is 0 Å². The second kappa shape index (κ2) is 5.81. The summed E-state index contributed by atoms with van der Waals surface area (Å²) in [4.78, 5) is 18.6. The van der Waals surface area contributed by atoms with Gasteiger partial charge in [-0.3, -0.25) is 4.79 Å². The summed E-state index contributed by atoms with van der Waals surface area (Å²) in [6.45, 7) is 8.08. The van der Waals surface area contributed by atoms with Crippen molar-refractivity contribution >= 4 is 11.7 Å². The molecule has 0 spiro atoms. The van der Waals surface area contributed by atoms with Gasteiger partial charge in [0.1, 0.15) is 5.82 Å². The smallest absolute Gasteiger partial charge is 0.254 e. The Morgan fingerprint density at radius 2 is 1.90 bits per heavy atom. The van der Waals surface area contributed by atoms with E-state index < -0.39 is 0 Å². The third-order valence-electron chi connectivity index (χ3n) is 4.83. The lowest BCUT2D eigenvalue weighted by Gasteiger charge is -2.41. The Morgan fingerprint density at radius 3 is 2.40 bits per heavy atom. The van der Waals surface area contributed by atoms with Crippen molar-refractivity contribution in [2.45, 2.75) is 46.5 Å². The molecule has 0 atom stereocenters. The van der Waals surface area contributed by atoms with Crippen LogP contribution in [0.25, 0.3) is 0 Å². The van der Waals surface area contributed by atoms with Crippen LogP contribution in [0.4, 0.5) is 5.82 Å². The zero-order valence-electron chi connectivity index (χ0n) is 12.8. The molecule has 1 fully saturated rings. The van der Waals surface area contributed by atoms with Crippen LogP contribution < -0.4 is 5.73 Å². The van der Waals surface area contributed by atoms with E-state index in [1.165, 1.54) is 12.8 Å². The number of carbonyl (C=O) groups is 1. The number of likely N-dealkylation sites (tertiary alicyclic amines) is 1. The van der Waals surface area contributed by atoms with Crippen LogP contribution in [0.3, 0.4) is 0 Å². The minimum atomic E-state index is 0.0861. The van der Waals surface area contributed by atoms with Crippen LogP contribution in [0, 0.1) is 12.3 Å². The maximum Gasteiger partial charge on any atom is 0.254 e. The van der Waals surface area contributed by atoms with Gasteiger partial charge in [0, 0.05) is 24.3 Å². The van der Waals surface area contributed by atoms with Crippen LogP contribution in [0.15, 0.2) is 12.1 Å². The summed E-state index contributed by atoms with van der Waals surface area (Å²) >= 11 is 0. The topological polar surface area (TPSA) is 59.2 Å². The van der Waals surface area contributed by atoms with Crippen molar-refractivity contribution < 1.29 is 4.79 Å². The van der Waals surface area contributed by atoms with Gasteiger partial charge < -0.3 is 10.6 Å². The Labute approximate surface area is 121 Å². The summed E-state index contributed by atoms with van der Waals surface area (Å²) in [6, 6.07) is 3.50. The molecule has 2 heterocycles. The highest BCUT2D eigenvalue weighted by molar-refractivity contribution is 5.95. The molecule has 4 nitrogen and oxygen atoms in total. The summed E-state index contributed by atoms with van der Waals surface area (Å²) in [6.07, 6.45) is 4.61. The van der Waals surface area contributed by atoms with Gasteiger partial charge in [-0.25, -0.2) is 4.98 Å². The van der Waals surface area contributed by atoms with E-state index in [1.807, 2.05) is 17.9 Å². The van der Waals surface area contributed by atoms with Gasteiger partial charge in [-0.15, -0.1) is 0 Å². The highest BCUT2D eigenvalue weighted by atomic mass is 16.2. The normalized spacial score (nSPS) is 18.1. The van der Waals surface area contributed by atoms with E-state index in [2.05, 4.69) is 18.8 Å². The first kappa shape index (κ1) is 14.8. The first-order chi connectivity index (χ1) is 9.49. The molecule has 1 aliphatic rings. The summed E-state index contributed by atoms with van der Waals surface area (Å²) in [5.74, 6) is 0.504. The molecule has 0 radical (unpaired) electrons. The molecule has 1 saturated heterocycles. The van der Waals surface area contributed by atoms with Crippen LogP contribution in [0.5, 0.6) is 0 Å². The molecule has 1 aromatic rings. The number of nitrogen functional groups attached to an aromatic ring is 1. The average molecular weight is 275 g/mol. The van der Waals surface area contributed by atoms with E-state index in [9.17, 15) is 4.79 Å². The van der Waals surface area contributed by atoms with Gasteiger partial charge in [-0.1, -0.05) is 26.7 Å². The molecule has 0 saturated carbocycles. The van der Waals surface area contributed by atoms with Crippen molar-refractivity contribution in [3.05, 3.63) is 23.4 Å². The first-order valence-electron chi connectivity index (χ1n) is 7.53. The largest absolute Gasteiger partial charge is 0.384 e. The summed E-state index contributed by atoms with van der Waals surface area (Å²) < 4.78 is 0. The van der Waals surface area contributed by atoms with Crippen molar-refractivity contribution in [3.8, 4) is 0 Å². The molecule has 0 unspecified atom stereocenters. The maximum absolute atomic E-state index is 12.5. The summed E-state index contributed by atoms with van der Waals surface area (Å²) in [7, 11) is 0. The SMILES string of the molecule is CCC1(CC)CCN(C(=O)c2cc(C)nc(N)c2)CC1. The lowest BCUT2D eigenvalue weighted by atomic mass is 9.74. The van der Waals surface area contributed by atoms with Crippen molar-refractivity contribution in [3.63, 3.8) is 0 Å². The van der Waals surface area contributed by atoms with Crippen LogP contribution in [-0.4, -0.2) is 28.9 Å². The number of anilines is 1. The van der Waals surface area contributed by atoms with E-state index in [0.717, 1.165) is 31.6 Å². The van der Waals surface area contributed by atoms with E-state index >= 15 is 0 Å². The van der Waals surface area contributed by atoms with Gasteiger partial charge in [-0.2, -0.15) is 0 Å². The number of amides is 1. The molecule has 0 bridgehead atoms. The van der Waals surface area contributed by atoms with Crippen molar-refractivity contribution in [2.24, 2.45) is 5.41 Å². The second-order valence-electron chi connectivity index (χ2n) is 5.92. The van der Waals surface area contributed by atoms with Gasteiger partial charge in [-0.05, 0) is 37.3 Å². The average Bonchev–Trinajstić information content (AvgIpc) is 2.45. The minimum absolute atomic E-state index is 0.0861. The standard InChI is InChI=1S/C16H25N3O/c1-4-16(5-2)6-8-19(9-7-16)15(20)13-10-12(3)18-14(17)11-13/h10-11H,4-9H2,1-3H3,(H2,17,18). The summed E-state index contributed by atoms with van der Waals surface area (Å²) in [5, 5.41) is 0.